The molecule has 1 unspecified atom stereocenters. The summed E-state index contributed by atoms with van der Waals surface area (Å²) < 4.78 is 0. The maximum atomic E-state index is 10.7. The van der Waals surface area contributed by atoms with E-state index in [2.05, 4.69) is 0 Å². The molecule has 0 aliphatic carbocycles. The summed E-state index contributed by atoms with van der Waals surface area (Å²) in [6.07, 6.45) is -1.35. The van der Waals surface area contributed by atoms with Crippen molar-refractivity contribution in [2.45, 2.75) is 12.7 Å². The van der Waals surface area contributed by atoms with Crippen LogP contribution in [0.3, 0.4) is 0 Å². The minimum atomic E-state index is -1.65. The van der Waals surface area contributed by atoms with E-state index in [1.807, 2.05) is 0 Å². The molecule has 1 heterocycles. The fourth-order valence-electron chi connectivity index (χ4n) is 0.963. The first kappa shape index (κ1) is 7.46. The molecule has 0 aromatic carbocycles. The molecule has 0 aromatic rings. The van der Waals surface area contributed by atoms with Crippen LogP contribution in [0.1, 0.15) is 6.42 Å². The number of nitrogens with zero attached hydrogens (tertiary/aromatic N) is 1. The number of aliphatic hydroxyl groups is 2. The Morgan fingerprint density at radius 3 is 2.40 bits per heavy atom. The van der Waals surface area contributed by atoms with Gasteiger partial charge in [0.15, 0.2) is 6.29 Å². The van der Waals surface area contributed by atoms with E-state index in [0.717, 1.165) is 0 Å². The largest absolute Gasteiger partial charge is 0.367 e. The van der Waals surface area contributed by atoms with Crippen LogP contribution in [0.25, 0.3) is 0 Å². The number of hydrogen-bond donors (Lipinski definition) is 3. The number of rotatable bonds is 1. The molecular weight excluding hydrogens is 138 g/mol. The van der Waals surface area contributed by atoms with Crippen LogP contribution in [0.15, 0.2) is 0 Å². The molecule has 0 aromatic heterocycles. The number of aliphatic hydroxyl groups excluding tert-OH is 1. The second-order valence-electron chi connectivity index (χ2n) is 2.27. The van der Waals surface area contributed by atoms with Gasteiger partial charge in [-0.15, -0.1) is 0 Å². The third kappa shape index (κ3) is 1.11. The zero-order chi connectivity index (χ0) is 7.72. The Balaban J connectivity index is 2.57. The number of amides is 1. The van der Waals surface area contributed by atoms with Crippen LogP contribution < -0.4 is 0 Å². The van der Waals surface area contributed by atoms with Crippen molar-refractivity contribution in [1.82, 2.24) is 5.06 Å². The second-order valence-corrected chi connectivity index (χ2v) is 2.27. The van der Waals surface area contributed by atoms with E-state index in [-0.39, 0.29) is 6.54 Å². The van der Waals surface area contributed by atoms with Crippen molar-refractivity contribution in [3.63, 3.8) is 0 Å². The molecule has 10 heavy (non-hydrogen) atoms. The van der Waals surface area contributed by atoms with Gasteiger partial charge in [-0.1, -0.05) is 0 Å². The van der Waals surface area contributed by atoms with Crippen molar-refractivity contribution in [2.24, 2.45) is 5.92 Å². The smallest absolute Gasteiger partial charge is 0.254 e. The monoisotopic (exact) mass is 147 g/mol. The van der Waals surface area contributed by atoms with E-state index in [4.69, 9.17) is 15.4 Å². The quantitative estimate of drug-likeness (QED) is 0.312. The standard InChI is InChI=1S/C5H9NO4/c7-4-3(5(8)9)1-2-6(4)10/h3,5,8-10H,1-2H2. The summed E-state index contributed by atoms with van der Waals surface area (Å²) in [4.78, 5) is 10.7. The van der Waals surface area contributed by atoms with Crippen LogP contribution in [0.4, 0.5) is 0 Å². The zero-order valence-corrected chi connectivity index (χ0v) is 5.27. The van der Waals surface area contributed by atoms with E-state index < -0.39 is 18.1 Å². The predicted molar refractivity (Wildman–Crippen MR) is 29.8 cm³/mol. The van der Waals surface area contributed by atoms with Crippen molar-refractivity contribution >= 4 is 5.91 Å². The molecule has 1 rings (SSSR count). The van der Waals surface area contributed by atoms with Gasteiger partial charge in [0, 0.05) is 6.54 Å². The molecule has 5 heteroatoms. The Hall–Kier alpha value is -0.650. The number of hydrogen-bond acceptors (Lipinski definition) is 4. The highest BCUT2D eigenvalue weighted by atomic mass is 16.5. The van der Waals surface area contributed by atoms with Crippen LogP contribution >= 0.6 is 0 Å². The fourth-order valence-corrected chi connectivity index (χ4v) is 0.963. The zero-order valence-electron chi connectivity index (χ0n) is 5.27. The molecule has 0 radical (unpaired) electrons. The molecule has 1 fully saturated rings. The van der Waals surface area contributed by atoms with Crippen LogP contribution in [0.5, 0.6) is 0 Å². The lowest BCUT2D eigenvalue weighted by Gasteiger charge is -2.09. The Bertz CT molecular complexity index is 147. The topological polar surface area (TPSA) is 81.0 Å². The van der Waals surface area contributed by atoms with Crippen molar-refractivity contribution in [1.29, 1.82) is 0 Å². The van der Waals surface area contributed by atoms with Gasteiger partial charge in [-0.3, -0.25) is 10.0 Å². The summed E-state index contributed by atoms with van der Waals surface area (Å²) in [7, 11) is 0. The van der Waals surface area contributed by atoms with Crippen LogP contribution in [0, 0.1) is 5.92 Å². The summed E-state index contributed by atoms with van der Waals surface area (Å²) in [6, 6.07) is 0. The van der Waals surface area contributed by atoms with Gasteiger partial charge < -0.3 is 10.2 Å². The van der Waals surface area contributed by atoms with Crippen molar-refractivity contribution in [3.8, 4) is 0 Å². The Kier molecular flexibility index (Phi) is 1.89. The Labute approximate surface area is 57.5 Å². The van der Waals surface area contributed by atoms with E-state index in [0.29, 0.717) is 11.5 Å². The van der Waals surface area contributed by atoms with Gasteiger partial charge in [0.25, 0.3) is 5.91 Å². The van der Waals surface area contributed by atoms with E-state index in [1.165, 1.54) is 0 Å². The maximum Gasteiger partial charge on any atom is 0.254 e. The van der Waals surface area contributed by atoms with Gasteiger partial charge in [0.05, 0.1) is 5.92 Å². The lowest BCUT2D eigenvalue weighted by Crippen LogP contribution is -2.29. The van der Waals surface area contributed by atoms with Gasteiger partial charge in [0.1, 0.15) is 0 Å². The average molecular weight is 147 g/mol. The highest BCUT2D eigenvalue weighted by Gasteiger charge is 2.35. The van der Waals surface area contributed by atoms with E-state index in [9.17, 15) is 4.79 Å². The molecule has 58 valence electrons. The van der Waals surface area contributed by atoms with E-state index >= 15 is 0 Å². The minimum Gasteiger partial charge on any atom is -0.367 e. The van der Waals surface area contributed by atoms with Gasteiger partial charge in [-0.2, -0.15) is 0 Å². The highest BCUT2D eigenvalue weighted by molar-refractivity contribution is 5.79. The lowest BCUT2D eigenvalue weighted by molar-refractivity contribution is -0.168. The van der Waals surface area contributed by atoms with Crippen LogP contribution in [-0.4, -0.2) is 39.2 Å². The van der Waals surface area contributed by atoms with Gasteiger partial charge in [-0.25, -0.2) is 5.06 Å². The maximum absolute atomic E-state index is 10.7. The lowest BCUT2D eigenvalue weighted by atomic mass is 10.1. The fraction of sp³-hybridized carbons (Fsp3) is 0.800. The molecule has 1 aliphatic heterocycles. The number of carbonyl (C=O) groups is 1. The summed E-state index contributed by atoms with van der Waals surface area (Å²) in [5, 5.41) is 26.3. The SMILES string of the molecule is O=C1C(C(O)O)CCN1O. The molecule has 1 aliphatic rings. The van der Waals surface area contributed by atoms with Crippen molar-refractivity contribution < 1.29 is 20.2 Å². The second kappa shape index (κ2) is 2.53. The van der Waals surface area contributed by atoms with Crippen LogP contribution in [-0.2, 0) is 4.79 Å². The minimum absolute atomic E-state index is 0.182. The molecule has 0 bridgehead atoms. The number of carbonyl (C=O) groups excluding carboxylic acids is 1. The highest BCUT2D eigenvalue weighted by Crippen LogP contribution is 2.17. The van der Waals surface area contributed by atoms with Gasteiger partial charge in [-0.05, 0) is 6.42 Å². The molecule has 1 atom stereocenters. The summed E-state index contributed by atoms with van der Waals surface area (Å²) in [5.74, 6) is -1.46. The van der Waals surface area contributed by atoms with Crippen molar-refractivity contribution in [2.75, 3.05) is 6.54 Å². The Morgan fingerprint density at radius 1 is 1.60 bits per heavy atom. The van der Waals surface area contributed by atoms with E-state index in [1.54, 1.807) is 0 Å². The summed E-state index contributed by atoms with van der Waals surface area (Å²) in [6.45, 7) is 0.182. The van der Waals surface area contributed by atoms with Crippen LogP contribution in [0.2, 0.25) is 0 Å². The number of hydroxylamine groups is 2. The summed E-state index contributed by atoms with van der Waals surface area (Å²) in [5.41, 5.74) is 0. The molecule has 1 saturated heterocycles. The predicted octanol–water partition coefficient (Wildman–Crippen LogP) is -1.47. The molecule has 0 spiro atoms. The first-order chi connectivity index (χ1) is 4.63. The van der Waals surface area contributed by atoms with Gasteiger partial charge in [0.2, 0.25) is 0 Å². The third-order valence-corrected chi connectivity index (χ3v) is 1.58. The molecule has 0 saturated carbocycles. The molecule has 3 N–H and O–H groups in total. The molecular formula is C5H9NO4. The normalized spacial score (nSPS) is 26.6. The van der Waals surface area contributed by atoms with Crippen molar-refractivity contribution in [3.05, 3.63) is 0 Å². The summed E-state index contributed by atoms with van der Waals surface area (Å²) >= 11 is 0. The van der Waals surface area contributed by atoms with Gasteiger partial charge >= 0.3 is 0 Å². The Morgan fingerprint density at radius 2 is 2.20 bits per heavy atom. The molecule has 5 nitrogen and oxygen atoms in total. The average Bonchev–Trinajstić information content (AvgIpc) is 2.14. The molecule has 1 amide bonds. The third-order valence-electron chi connectivity index (χ3n) is 1.58. The first-order valence-corrected chi connectivity index (χ1v) is 2.99. The first-order valence-electron chi connectivity index (χ1n) is 2.99.